The van der Waals surface area contributed by atoms with Gasteiger partial charge in [0.05, 0.1) is 18.3 Å². The van der Waals surface area contributed by atoms with Gasteiger partial charge in [0.25, 0.3) is 0 Å². The smallest absolute Gasteiger partial charge is 0.161 e. The molecule has 1 atom stereocenters. The van der Waals surface area contributed by atoms with Crippen molar-refractivity contribution in [3.05, 3.63) is 35.9 Å². The van der Waals surface area contributed by atoms with Gasteiger partial charge in [-0.3, -0.25) is 0 Å². The topological polar surface area (TPSA) is 38.7 Å². The molecule has 126 valence electrons. The summed E-state index contributed by atoms with van der Waals surface area (Å²) in [5.41, 5.74) is 1.09. The van der Waals surface area contributed by atoms with Gasteiger partial charge in [-0.25, -0.2) is 0 Å². The second kappa shape index (κ2) is 6.99. The van der Waals surface area contributed by atoms with Crippen molar-refractivity contribution in [3.63, 3.8) is 0 Å². The summed E-state index contributed by atoms with van der Waals surface area (Å²) in [5.74, 6) is 3.96. The number of thioether (sulfide) groups is 2. The van der Waals surface area contributed by atoms with E-state index in [0.717, 1.165) is 30.8 Å². The van der Waals surface area contributed by atoms with E-state index in [1.54, 1.807) is 14.2 Å². The lowest BCUT2D eigenvalue weighted by atomic mass is 9.71. The highest BCUT2D eigenvalue weighted by molar-refractivity contribution is 8.21. The molecule has 0 aromatic heterocycles. The molecule has 0 radical (unpaired) electrons. The first-order valence-electron chi connectivity index (χ1n) is 7.99. The van der Waals surface area contributed by atoms with Crippen LogP contribution in [-0.2, 0) is 5.41 Å². The zero-order valence-electron chi connectivity index (χ0n) is 13.7. The minimum atomic E-state index is -0.108. The molecule has 2 aliphatic rings. The van der Waals surface area contributed by atoms with Crippen molar-refractivity contribution in [1.82, 2.24) is 0 Å². The van der Waals surface area contributed by atoms with Gasteiger partial charge in [-0.2, -0.15) is 0 Å². The fourth-order valence-electron chi connectivity index (χ4n) is 3.50. The Morgan fingerprint density at radius 3 is 2.35 bits per heavy atom. The fourth-order valence-corrected chi connectivity index (χ4v) is 6.51. The van der Waals surface area contributed by atoms with Crippen LogP contribution in [0, 0.1) is 0 Å². The highest BCUT2D eigenvalue weighted by Gasteiger charge is 2.42. The largest absolute Gasteiger partial charge is 0.493 e. The van der Waals surface area contributed by atoms with Gasteiger partial charge in [0.15, 0.2) is 11.5 Å². The van der Waals surface area contributed by atoms with Gasteiger partial charge in [-0.05, 0) is 37.0 Å². The molecule has 1 aromatic carbocycles. The van der Waals surface area contributed by atoms with Crippen molar-refractivity contribution in [2.75, 3.05) is 32.3 Å². The molecule has 5 heteroatoms. The Kier molecular flexibility index (Phi) is 5.19. The van der Waals surface area contributed by atoms with Crippen molar-refractivity contribution < 1.29 is 14.6 Å². The van der Waals surface area contributed by atoms with Crippen molar-refractivity contribution in [3.8, 4) is 11.5 Å². The number of benzene rings is 1. The lowest BCUT2D eigenvalue weighted by molar-refractivity contribution is 0.246. The number of aliphatic hydroxyl groups is 1. The number of rotatable bonds is 5. The molecule has 0 bridgehead atoms. The van der Waals surface area contributed by atoms with E-state index in [1.807, 2.05) is 6.07 Å². The van der Waals surface area contributed by atoms with Gasteiger partial charge in [0, 0.05) is 23.5 Å². The average Bonchev–Trinajstić information content (AvgIpc) is 3.05. The number of allylic oxidation sites excluding steroid dienone is 1. The molecule has 1 unspecified atom stereocenters. The molecule has 1 heterocycles. The summed E-state index contributed by atoms with van der Waals surface area (Å²) in [4.78, 5) is 0. The van der Waals surface area contributed by atoms with Gasteiger partial charge < -0.3 is 14.6 Å². The molecule has 1 fully saturated rings. The predicted molar refractivity (Wildman–Crippen MR) is 98.9 cm³/mol. The minimum absolute atomic E-state index is 0.108. The Bertz CT molecular complexity index is 582. The van der Waals surface area contributed by atoms with Crippen LogP contribution < -0.4 is 9.47 Å². The molecule has 23 heavy (non-hydrogen) atoms. The molecule has 1 spiro atoms. The van der Waals surface area contributed by atoms with Gasteiger partial charge in [0.1, 0.15) is 0 Å². The van der Waals surface area contributed by atoms with Crippen molar-refractivity contribution in [2.24, 2.45) is 0 Å². The molecule has 0 amide bonds. The van der Waals surface area contributed by atoms with E-state index in [4.69, 9.17) is 9.47 Å². The zero-order chi connectivity index (χ0) is 16.3. The standard InChI is InChI=1S/C18H24O3S2/c1-20-15-4-3-14(13-16(15)21-2)17(9-10-19)5-7-18(8-6-17)22-11-12-23-18/h3-5,7,13,19H,6,8-12H2,1-2H3. The van der Waals surface area contributed by atoms with E-state index in [9.17, 15) is 5.11 Å². The van der Waals surface area contributed by atoms with E-state index in [2.05, 4.69) is 47.8 Å². The van der Waals surface area contributed by atoms with Crippen LogP contribution in [0.5, 0.6) is 11.5 Å². The van der Waals surface area contributed by atoms with Gasteiger partial charge in [-0.15, -0.1) is 23.5 Å². The summed E-state index contributed by atoms with van der Waals surface area (Å²) < 4.78 is 11.1. The Morgan fingerprint density at radius 2 is 1.78 bits per heavy atom. The Morgan fingerprint density at radius 1 is 1.04 bits per heavy atom. The number of aliphatic hydroxyl groups excluding tert-OH is 1. The van der Waals surface area contributed by atoms with Crippen LogP contribution >= 0.6 is 23.5 Å². The molecular weight excluding hydrogens is 328 g/mol. The first-order valence-corrected chi connectivity index (χ1v) is 9.96. The summed E-state index contributed by atoms with van der Waals surface area (Å²) in [5, 5.41) is 9.63. The van der Waals surface area contributed by atoms with Gasteiger partial charge >= 0.3 is 0 Å². The average molecular weight is 353 g/mol. The summed E-state index contributed by atoms with van der Waals surface area (Å²) >= 11 is 4.12. The Hall–Kier alpha value is -0.780. The molecule has 3 rings (SSSR count). The number of hydrogen-bond donors (Lipinski definition) is 1. The first kappa shape index (κ1) is 17.1. The number of methoxy groups -OCH3 is 2. The predicted octanol–water partition coefficient (Wildman–Crippen LogP) is 3.85. The SMILES string of the molecule is COc1ccc(C2(CCO)C=CC3(CC2)SCCS3)cc1OC. The van der Waals surface area contributed by atoms with Crippen LogP contribution in [0.1, 0.15) is 24.8 Å². The zero-order valence-corrected chi connectivity index (χ0v) is 15.3. The summed E-state index contributed by atoms with van der Waals surface area (Å²) in [6.07, 6.45) is 7.65. The summed E-state index contributed by atoms with van der Waals surface area (Å²) in [6.45, 7) is 0.186. The monoisotopic (exact) mass is 352 g/mol. The second-order valence-electron chi connectivity index (χ2n) is 6.04. The van der Waals surface area contributed by atoms with Crippen molar-refractivity contribution in [2.45, 2.75) is 28.8 Å². The molecule has 1 aliphatic heterocycles. The van der Waals surface area contributed by atoms with Crippen LogP contribution in [0.3, 0.4) is 0 Å². The lowest BCUT2D eigenvalue weighted by Gasteiger charge is -2.39. The van der Waals surface area contributed by atoms with E-state index in [1.165, 1.54) is 17.1 Å². The van der Waals surface area contributed by atoms with Gasteiger partial charge in [-0.1, -0.05) is 18.2 Å². The third-order valence-electron chi connectivity index (χ3n) is 4.87. The quantitative estimate of drug-likeness (QED) is 0.815. The maximum atomic E-state index is 9.63. The van der Waals surface area contributed by atoms with Crippen LogP contribution in [0.15, 0.2) is 30.4 Å². The van der Waals surface area contributed by atoms with Crippen LogP contribution in [0.4, 0.5) is 0 Å². The molecule has 0 saturated carbocycles. The lowest BCUT2D eigenvalue weighted by Crippen LogP contribution is -2.33. The van der Waals surface area contributed by atoms with Crippen molar-refractivity contribution in [1.29, 1.82) is 0 Å². The summed E-state index contributed by atoms with van der Waals surface area (Å²) in [6, 6.07) is 6.13. The van der Waals surface area contributed by atoms with Crippen LogP contribution in [0.25, 0.3) is 0 Å². The first-order chi connectivity index (χ1) is 11.2. The highest BCUT2D eigenvalue weighted by Crippen LogP contribution is 2.54. The maximum absolute atomic E-state index is 9.63. The molecule has 1 N–H and O–H groups in total. The fraction of sp³-hybridized carbons (Fsp3) is 0.556. The highest BCUT2D eigenvalue weighted by atomic mass is 32.2. The molecule has 3 nitrogen and oxygen atoms in total. The third-order valence-corrected chi connectivity index (χ3v) is 8.31. The number of hydrogen-bond acceptors (Lipinski definition) is 5. The molecule has 1 aromatic rings. The number of ether oxygens (including phenoxy) is 2. The van der Waals surface area contributed by atoms with E-state index in [0.29, 0.717) is 0 Å². The van der Waals surface area contributed by atoms with E-state index in [-0.39, 0.29) is 16.1 Å². The molecule has 1 saturated heterocycles. The molecular formula is C18H24O3S2. The summed E-state index contributed by atoms with van der Waals surface area (Å²) in [7, 11) is 3.32. The van der Waals surface area contributed by atoms with E-state index >= 15 is 0 Å². The Balaban J connectivity index is 1.96. The Labute approximate surface area is 146 Å². The third kappa shape index (κ3) is 3.24. The van der Waals surface area contributed by atoms with E-state index < -0.39 is 0 Å². The normalized spacial score (nSPS) is 25.7. The maximum Gasteiger partial charge on any atom is 0.161 e. The van der Waals surface area contributed by atoms with Crippen molar-refractivity contribution >= 4 is 23.5 Å². The second-order valence-corrected chi connectivity index (χ2v) is 9.15. The van der Waals surface area contributed by atoms with Crippen LogP contribution in [-0.4, -0.2) is 41.5 Å². The minimum Gasteiger partial charge on any atom is -0.493 e. The van der Waals surface area contributed by atoms with Crippen LogP contribution in [0.2, 0.25) is 0 Å². The van der Waals surface area contributed by atoms with Gasteiger partial charge in [0.2, 0.25) is 0 Å². The molecule has 1 aliphatic carbocycles.